The van der Waals surface area contributed by atoms with Gasteiger partial charge >= 0.3 is 0 Å². The maximum Gasteiger partial charge on any atom is 0.160 e. The van der Waals surface area contributed by atoms with E-state index in [1.165, 1.54) is 11.1 Å². The highest BCUT2D eigenvalue weighted by atomic mass is 16.5. The molecule has 0 amide bonds. The number of nitrogens with one attached hydrogen (secondary N) is 1. The third-order valence-corrected chi connectivity index (χ3v) is 5.05. The zero-order valence-corrected chi connectivity index (χ0v) is 15.4. The zero-order chi connectivity index (χ0) is 17.6. The van der Waals surface area contributed by atoms with Crippen molar-refractivity contribution in [2.45, 2.75) is 25.4 Å². The number of hydrogen-bond acceptors (Lipinski definition) is 4. The summed E-state index contributed by atoms with van der Waals surface area (Å²) in [5.74, 6) is 1.58. The summed E-state index contributed by atoms with van der Waals surface area (Å²) >= 11 is 0. The Balaban J connectivity index is 1.66. The van der Waals surface area contributed by atoms with E-state index >= 15 is 0 Å². The lowest BCUT2D eigenvalue weighted by Gasteiger charge is -2.38. The summed E-state index contributed by atoms with van der Waals surface area (Å²) in [5.41, 5.74) is 2.65. The minimum atomic E-state index is 0.441. The molecule has 3 rings (SSSR count). The van der Waals surface area contributed by atoms with Gasteiger partial charge in [-0.05, 0) is 36.6 Å². The van der Waals surface area contributed by atoms with Gasteiger partial charge < -0.3 is 14.8 Å². The molecular formula is C21H28N2O2. The van der Waals surface area contributed by atoms with Crippen molar-refractivity contribution in [3.8, 4) is 11.5 Å². The molecule has 2 atom stereocenters. The van der Waals surface area contributed by atoms with Crippen LogP contribution in [0.15, 0.2) is 48.5 Å². The second-order valence-corrected chi connectivity index (χ2v) is 6.63. The minimum Gasteiger partial charge on any atom is -0.493 e. The van der Waals surface area contributed by atoms with E-state index in [0.29, 0.717) is 12.1 Å². The van der Waals surface area contributed by atoms with Crippen molar-refractivity contribution in [2.24, 2.45) is 0 Å². The summed E-state index contributed by atoms with van der Waals surface area (Å²) in [5, 5.41) is 3.66. The molecule has 2 aromatic carbocycles. The molecule has 0 spiro atoms. The molecule has 4 heteroatoms. The van der Waals surface area contributed by atoms with Gasteiger partial charge in [-0.1, -0.05) is 36.4 Å². The fourth-order valence-electron chi connectivity index (χ4n) is 3.57. The van der Waals surface area contributed by atoms with Gasteiger partial charge in [-0.2, -0.15) is 0 Å². The molecular weight excluding hydrogens is 312 g/mol. The molecule has 2 unspecified atom stereocenters. The van der Waals surface area contributed by atoms with Gasteiger partial charge in [-0.25, -0.2) is 0 Å². The quantitative estimate of drug-likeness (QED) is 0.875. The maximum absolute atomic E-state index is 5.43. The highest BCUT2D eigenvalue weighted by Crippen LogP contribution is 2.28. The standard InChI is InChI=1S/C21H28N2O2/c1-16(18-7-5-4-6-8-18)23-12-11-22-19(15-23)13-17-9-10-20(24-2)21(14-17)25-3/h4-10,14,16,19,22H,11-13,15H2,1-3H3. The first-order chi connectivity index (χ1) is 12.2. The first kappa shape index (κ1) is 17.8. The van der Waals surface area contributed by atoms with Gasteiger partial charge in [-0.15, -0.1) is 0 Å². The van der Waals surface area contributed by atoms with Crippen molar-refractivity contribution in [2.75, 3.05) is 33.9 Å². The summed E-state index contributed by atoms with van der Waals surface area (Å²) in [6.45, 7) is 5.45. The van der Waals surface area contributed by atoms with Crippen LogP contribution in [-0.2, 0) is 6.42 Å². The van der Waals surface area contributed by atoms with E-state index in [1.807, 2.05) is 6.07 Å². The lowest BCUT2D eigenvalue weighted by atomic mass is 10.0. The van der Waals surface area contributed by atoms with Crippen molar-refractivity contribution >= 4 is 0 Å². The third-order valence-electron chi connectivity index (χ3n) is 5.05. The van der Waals surface area contributed by atoms with E-state index in [0.717, 1.165) is 37.6 Å². The first-order valence-electron chi connectivity index (χ1n) is 8.94. The van der Waals surface area contributed by atoms with Crippen LogP contribution < -0.4 is 14.8 Å². The summed E-state index contributed by atoms with van der Waals surface area (Å²) in [7, 11) is 3.35. The Morgan fingerprint density at radius 2 is 1.84 bits per heavy atom. The molecule has 1 fully saturated rings. The van der Waals surface area contributed by atoms with Crippen molar-refractivity contribution in [3.05, 3.63) is 59.7 Å². The largest absolute Gasteiger partial charge is 0.493 e. The van der Waals surface area contributed by atoms with Crippen molar-refractivity contribution in [1.29, 1.82) is 0 Å². The normalized spacial score (nSPS) is 19.4. The molecule has 1 aliphatic heterocycles. The van der Waals surface area contributed by atoms with Gasteiger partial charge in [0, 0.05) is 31.7 Å². The molecule has 2 aromatic rings. The van der Waals surface area contributed by atoms with Crippen LogP contribution >= 0.6 is 0 Å². The molecule has 0 bridgehead atoms. The smallest absolute Gasteiger partial charge is 0.160 e. The lowest BCUT2D eigenvalue weighted by molar-refractivity contribution is 0.152. The Hall–Kier alpha value is -2.04. The first-order valence-corrected chi connectivity index (χ1v) is 8.94. The Morgan fingerprint density at radius 3 is 2.56 bits per heavy atom. The molecule has 1 saturated heterocycles. The fraction of sp³-hybridized carbons (Fsp3) is 0.429. The molecule has 0 radical (unpaired) electrons. The topological polar surface area (TPSA) is 33.7 Å². The molecule has 1 N–H and O–H groups in total. The van der Waals surface area contributed by atoms with Crippen LogP contribution in [0.2, 0.25) is 0 Å². The zero-order valence-electron chi connectivity index (χ0n) is 15.4. The van der Waals surface area contributed by atoms with Gasteiger partial charge in [0.15, 0.2) is 11.5 Å². The molecule has 134 valence electrons. The molecule has 0 saturated carbocycles. The second kappa shape index (κ2) is 8.37. The highest BCUT2D eigenvalue weighted by molar-refractivity contribution is 5.43. The van der Waals surface area contributed by atoms with E-state index in [4.69, 9.17) is 9.47 Å². The number of piperazine rings is 1. The Labute approximate surface area is 150 Å². The third kappa shape index (κ3) is 4.33. The molecule has 0 aromatic heterocycles. The van der Waals surface area contributed by atoms with Crippen LogP contribution in [0.4, 0.5) is 0 Å². The average Bonchev–Trinajstić information content (AvgIpc) is 2.68. The van der Waals surface area contributed by atoms with Gasteiger partial charge in [-0.3, -0.25) is 4.90 Å². The van der Waals surface area contributed by atoms with Crippen LogP contribution in [0, 0.1) is 0 Å². The van der Waals surface area contributed by atoms with Gasteiger partial charge in [0.1, 0.15) is 0 Å². The number of benzene rings is 2. The predicted molar refractivity (Wildman–Crippen MR) is 101 cm³/mol. The van der Waals surface area contributed by atoms with Crippen molar-refractivity contribution in [1.82, 2.24) is 10.2 Å². The summed E-state index contributed by atoms with van der Waals surface area (Å²) < 4.78 is 10.8. The monoisotopic (exact) mass is 340 g/mol. The van der Waals surface area contributed by atoms with Crippen molar-refractivity contribution in [3.63, 3.8) is 0 Å². The fourth-order valence-corrected chi connectivity index (χ4v) is 3.57. The number of methoxy groups -OCH3 is 2. The van der Waals surface area contributed by atoms with Crippen LogP contribution in [0.1, 0.15) is 24.1 Å². The van der Waals surface area contributed by atoms with Gasteiger partial charge in [0.05, 0.1) is 14.2 Å². The number of nitrogens with zero attached hydrogens (tertiary/aromatic N) is 1. The van der Waals surface area contributed by atoms with E-state index in [-0.39, 0.29) is 0 Å². The van der Waals surface area contributed by atoms with E-state index < -0.39 is 0 Å². The number of ether oxygens (including phenoxy) is 2. The molecule has 4 nitrogen and oxygen atoms in total. The second-order valence-electron chi connectivity index (χ2n) is 6.63. The van der Waals surface area contributed by atoms with E-state index in [1.54, 1.807) is 14.2 Å². The van der Waals surface area contributed by atoms with Crippen LogP contribution in [0.5, 0.6) is 11.5 Å². The average molecular weight is 340 g/mol. The number of hydrogen-bond donors (Lipinski definition) is 1. The molecule has 1 aliphatic rings. The van der Waals surface area contributed by atoms with E-state index in [9.17, 15) is 0 Å². The van der Waals surface area contributed by atoms with E-state index in [2.05, 4.69) is 59.6 Å². The van der Waals surface area contributed by atoms with Crippen LogP contribution in [-0.4, -0.2) is 44.8 Å². The SMILES string of the molecule is COc1ccc(CC2CN(C(C)c3ccccc3)CCN2)cc1OC. The summed E-state index contributed by atoms with van der Waals surface area (Å²) in [4.78, 5) is 2.57. The predicted octanol–water partition coefficient (Wildman–Crippen LogP) is 3.28. The lowest BCUT2D eigenvalue weighted by Crippen LogP contribution is -2.52. The number of rotatable bonds is 6. The summed E-state index contributed by atoms with van der Waals surface area (Å²) in [6, 6.07) is 17.8. The van der Waals surface area contributed by atoms with Crippen molar-refractivity contribution < 1.29 is 9.47 Å². The Morgan fingerprint density at radius 1 is 1.08 bits per heavy atom. The van der Waals surface area contributed by atoms with Crippen LogP contribution in [0.25, 0.3) is 0 Å². The molecule has 0 aliphatic carbocycles. The highest BCUT2D eigenvalue weighted by Gasteiger charge is 2.24. The summed E-state index contributed by atoms with van der Waals surface area (Å²) in [6.07, 6.45) is 0.984. The molecule has 25 heavy (non-hydrogen) atoms. The van der Waals surface area contributed by atoms with Gasteiger partial charge in [0.2, 0.25) is 0 Å². The Kier molecular flexibility index (Phi) is 5.95. The molecule has 1 heterocycles. The Bertz CT molecular complexity index is 675. The minimum absolute atomic E-state index is 0.441. The van der Waals surface area contributed by atoms with Gasteiger partial charge in [0.25, 0.3) is 0 Å². The maximum atomic E-state index is 5.43. The van der Waals surface area contributed by atoms with Crippen LogP contribution in [0.3, 0.4) is 0 Å².